The van der Waals surface area contributed by atoms with Crippen molar-refractivity contribution in [3.63, 3.8) is 0 Å². The maximum atomic E-state index is 4.92. The van der Waals surface area contributed by atoms with Gasteiger partial charge in [-0.3, -0.25) is 4.57 Å². The van der Waals surface area contributed by atoms with Gasteiger partial charge in [-0.05, 0) is 55.3 Å². The predicted octanol–water partition coefficient (Wildman–Crippen LogP) is 4.69. The lowest BCUT2D eigenvalue weighted by molar-refractivity contribution is 0.657. The lowest BCUT2D eigenvalue weighted by Crippen LogP contribution is -2.09. The van der Waals surface area contributed by atoms with Crippen LogP contribution in [0.2, 0.25) is 0 Å². The first kappa shape index (κ1) is 13.8. The first-order valence-corrected chi connectivity index (χ1v) is 8.90. The summed E-state index contributed by atoms with van der Waals surface area (Å²) in [7, 11) is 0. The molecule has 3 heterocycles. The number of aryl methyl sites for hydroxylation is 1. The zero-order valence-corrected chi connectivity index (χ0v) is 13.5. The molecular formula is C18H19N3S. The summed E-state index contributed by atoms with van der Waals surface area (Å²) >= 11 is 2.03. The van der Waals surface area contributed by atoms with E-state index in [1.54, 1.807) is 0 Å². The Morgan fingerprint density at radius 3 is 2.95 bits per heavy atom. The zero-order valence-electron chi connectivity index (χ0n) is 12.7. The third-order valence-corrected chi connectivity index (χ3v) is 5.54. The smallest absolute Gasteiger partial charge is 0.164 e. The molecule has 1 saturated heterocycles. The molecule has 1 fully saturated rings. The normalized spacial score (nSPS) is 18.7. The van der Waals surface area contributed by atoms with Crippen LogP contribution in [0.4, 0.5) is 0 Å². The molecule has 0 bridgehead atoms. The van der Waals surface area contributed by atoms with Crippen molar-refractivity contribution in [2.75, 3.05) is 5.75 Å². The molecule has 4 rings (SSSR count). The van der Waals surface area contributed by atoms with Crippen molar-refractivity contribution < 1.29 is 0 Å². The van der Waals surface area contributed by atoms with Gasteiger partial charge >= 0.3 is 0 Å². The summed E-state index contributed by atoms with van der Waals surface area (Å²) in [6, 6.07) is 12.6. The molecule has 1 atom stereocenters. The van der Waals surface area contributed by atoms with Crippen LogP contribution in [0.1, 0.15) is 35.9 Å². The number of hydrogen-bond acceptors (Lipinski definition) is 3. The van der Waals surface area contributed by atoms with E-state index in [0.717, 1.165) is 17.0 Å². The van der Waals surface area contributed by atoms with Crippen LogP contribution in [-0.2, 0) is 0 Å². The fraction of sp³-hybridized carbons (Fsp3) is 0.333. The van der Waals surface area contributed by atoms with Crippen LogP contribution in [0.15, 0.2) is 42.6 Å². The molecule has 2 aromatic heterocycles. The highest BCUT2D eigenvalue weighted by atomic mass is 32.2. The van der Waals surface area contributed by atoms with E-state index >= 15 is 0 Å². The Hall–Kier alpha value is -1.81. The van der Waals surface area contributed by atoms with Crippen LogP contribution in [0.3, 0.4) is 0 Å². The molecule has 3 aromatic rings. The average molecular weight is 309 g/mol. The van der Waals surface area contributed by atoms with Gasteiger partial charge in [-0.2, -0.15) is 11.8 Å². The summed E-state index contributed by atoms with van der Waals surface area (Å²) in [5, 5.41) is 0.475. The highest BCUT2D eigenvalue weighted by Gasteiger charge is 2.24. The number of fused-ring (bicyclic) bond motifs is 1. The van der Waals surface area contributed by atoms with Crippen molar-refractivity contribution in [2.24, 2.45) is 0 Å². The van der Waals surface area contributed by atoms with E-state index in [9.17, 15) is 0 Å². The number of aromatic nitrogens is 3. The minimum Gasteiger partial charge on any atom is -0.280 e. The summed E-state index contributed by atoms with van der Waals surface area (Å²) in [4.78, 5) is 9.52. The Morgan fingerprint density at radius 1 is 1.18 bits per heavy atom. The number of thioether (sulfide) groups is 1. The third kappa shape index (κ3) is 2.41. The zero-order chi connectivity index (χ0) is 14.9. The van der Waals surface area contributed by atoms with Crippen molar-refractivity contribution >= 4 is 22.9 Å². The quantitative estimate of drug-likeness (QED) is 0.688. The minimum absolute atomic E-state index is 0.475. The van der Waals surface area contributed by atoms with Gasteiger partial charge in [0.2, 0.25) is 0 Å². The number of imidazole rings is 1. The van der Waals surface area contributed by atoms with Crippen LogP contribution in [0, 0.1) is 6.92 Å². The molecule has 0 radical (unpaired) electrons. The number of hydrogen-bond donors (Lipinski definition) is 0. The van der Waals surface area contributed by atoms with E-state index < -0.39 is 0 Å². The second kappa shape index (κ2) is 5.76. The molecule has 22 heavy (non-hydrogen) atoms. The van der Waals surface area contributed by atoms with Gasteiger partial charge in [0.1, 0.15) is 11.3 Å². The minimum atomic E-state index is 0.475. The van der Waals surface area contributed by atoms with Crippen LogP contribution in [-0.4, -0.2) is 20.3 Å². The first-order valence-electron chi connectivity index (χ1n) is 7.85. The van der Waals surface area contributed by atoms with Gasteiger partial charge in [0.25, 0.3) is 0 Å². The maximum absolute atomic E-state index is 4.92. The Balaban J connectivity index is 1.93. The van der Waals surface area contributed by atoms with Crippen molar-refractivity contribution in [2.45, 2.75) is 31.4 Å². The second-order valence-corrected chi connectivity index (χ2v) is 7.16. The number of rotatable bonds is 2. The van der Waals surface area contributed by atoms with Gasteiger partial charge in [0.15, 0.2) is 5.65 Å². The average Bonchev–Trinajstić information content (AvgIpc) is 2.95. The SMILES string of the molecule is Cc1cccc(-n2c(C3CCCCS3)nc3cccnc32)c1. The van der Waals surface area contributed by atoms with Crippen LogP contribution >= 0.6 is 11.8 Å². The van der Waals surface area contributed by atoms with Crippen molar-refractivity contribution in [1.82, 2.24) is 14.5 Å². The lowest BCUT2D eigenvalue weighted by atomic mass is 10.1. The molecule has 3 nitrogen and oxygen atoms in total. The Morgan fingerprint density at radius 2 is 2.14 bits per heavy atom. The number of pyridine rings is 1. The third-order valence-electron chi connectivity index (χ3n) is 4.17. The predicted molar refractivity (Wildman–Crippen MR) is 92.7 cm³/mol. The maximum Gasteiger partial charge on any atom is 0.164 e. The summed E-state index contributed by atoms with van der Waals surface area (Å²) in [5.41, 5.74) is 4.39. The molecule has 1 aliphatic rings. The molecule has 4 heteroatoms. The molecular weight excluding hydrogens is 290 g/mol. The van der Waals surface area contributed by atoms with Crippen LogP contribution < -0.4 is 0 Å². The summed E-state index contributed by atoms with van der Waals surface area (Å²) in [6.45, 7) is 2.13. The Kier molecular flexibility index (Phi) is 3.62. The second-order valence-electron chi connectivity index (χ2n) is 5.85. The van der Waals surface area contributed by atoms with E-state index in [2.05, 4.69) is 46.8 Å². The van der Waals surface area contributed by atoms with Gasteiger partial charge < -0.3 is 0 Å². The van der Waals surface area contributed by atoms with Gasteiger partial charge in [0.05, 0.1) is 5.25 Å². The summed E-state index contributed by atoms with van der Waals surface area (Å²) in [5.74, 6) is 2.39. The molecule has 0 spiro atoms. The first-order chi connectivity index (χ1) is 10.8. The fourth-order valence-corrected chi connectivity index (χ4v) is 4.41. The van der Waals surface area contributed by atoms with Crippen LogP contribution in [0.25, 0.3) is 16.9 Å². The largest absolute Gasteiger partial charge is 0.280 e. The topological polar surface area (TPSA) is 30.7 Å². The molecule has 0 N–H and O–H groups in total. The van der Waals surface area contributed by atoms with Crippen molar-refractivity contribution in [3.05, 3.63) is 54.0 Å². The van der Waals surface area contributed by atoms with Crippen molar-refractivity contribution in [3.8, 4) is 5.69 Å². The number of nitrogens with zero attached hydrogens (tertiary/aromatic N) is 3. The Bertz CT molecular complexity index is 803. The van der Waals surface area contributed by atoms with Gasteiger partial charge in [-0.1, -0.05) is 18.6 Å². The molecule has 1 aliphatic heterocycles. The summed E-state index contributed by atoms with van der Waals surface area (Å²) < 4.78 is 2.26. The van der Waals surface area contributed by atoms with E-state index in [0.29, 0.717) is 5.25 Å². The van der Waals surface area contributed by atoms with Crippen molar-refractivity contribution in [1.29, 1.82) is 0 Å². The fourth-order valence-electron chi connectivity index (χ4n) is 3.11. The van der Waals surface area contributed by atoms with Crippen LogP contribution in [0.5, 0.6) is 0 Å². The molecule has 112 valence electrons. The lowest BCUT2D eigenvalue weighted by Gasteiger charge is -2.22. The van der Waals surface area contributed by atoms with E-state index in [-0.39, 0.29) is 0 Å². The van der Waals surface area contributed by atoms with E-state index in [1.165, 1.54) is 36.3 Å². The molecule has 0 saturated carbocycles. The number of benzene rings is 1. The molecule has 0 amide bonds. The highest BCUT2D eigenvalue weighted by Crippen LogP contribution is 2.39. The molecule has 1 unspecified atom stereocenters. The van der Waals surface area contributed by atoms with Gasteiger partial charge in [0, 0.05) is 11.9 Å². The van der Waals surface area contributed by atoms with E-state index in [4.69, 9.17) is 4.98 Å². The van der Waals surface area contributed by atoms with Gasteiger partial charge in [-0.25, -0.2) is 9.97 Å². The Labute approximate surface area is 134 Å². The van der Waals surface area contributed by atoms with Gasteiger partial charge in [-0.15, -0.1) is 0 Å². The molecule has 0 aliphatic carbocycles. The highest BCUT2D eigenvalue weighted by molar-refractivity contribution is 7.99. The van der Waals surface area contributed by atoms with E-state index in [1.807, 2.05) is 24.0 Å². The molecule has 1 aromatic carbocycles. The monoisotopic (exact) mass is 309 g/mol. The summed E-state index contributed by atoms with van der Waals surface area (Å²) in [6.07, 6.45) is 5.68. The standard InChI is InChI=1S/C18H19N3S/c1-13-6-4-7-14(12-13)21-17-15(8-5-10-19-17)20-18(21)16-9-2-3-11-22-16/h4-8,10,12,16H,2-3,9,11H2,1H3.